The first-order valence-corrected chi connectivity index (χ1v) is 10.9. The third-order valence-corrected chi connectivity index (χ3v) is 6.47. The molecule has 0 saturated carbocycles. The lowest BCUT2D eigenvalue weighted by Crippen LogP contribution is -2.51. The van der Waals surface area contributed by atoms with Gasteiger partial charge in [0.1, 0.15) is 6.04 Å². The van der Waals surface area contributed by atoms with Crippen LogP contribution in [0.2, 0.25) is 0 Å². The van der Waals surface area contributed by atoms with E-state index in [2.05, 4.69) is 10.6 Å². The second-order valence-electron chi connectivity index (χ2n) is 8.43. The van der Waals surface area contributed by atoms with Crippen molar-refractivity contribution in [2.75, 3.05) is 0 Å². The normalized spacial score (nSPS) is 22.4. The van der Waals surface area contributed by atoms with Gasteiger partial charge in [0, 0.05) is 22.3 Å². The molecule has 2 aromatic rings. The molecule has 3 aliphatic carbocycles. The van der Waals surface area contributed by atoms with Crippen molar-refractivity contribution in [1.29, 1.82) is 0 Å². The zero-order valence-corrected chi connectivity index (χ0v) is 17.9. The van der Waals surface area contributed by atoms with Crippen molar-refractivity contribution in [2.45, 2.75) is 12.1 Å². The first-order valence-electron chi connectivity index (χ1n) is 10.9. The molecule has 2 atom stereocenters. The number of fused-ring (bicyclic) bond motifs is 3. The molecule has 6 nitrogen and oxygen atoms in total. The maximum Gasteiger partial charge on any atom is 0.252 e. The van der Waals surface area contributed by atoms with E-state index in [-0.39, 0.29) is 34.1 Å². The topological polar surface area (TPSA) is 92.3 Å². The van der Waals surface area contributed by atoms with E-state index in [1.807, 2.05) is 30.4 Å². The van der Waals surface area contributed by atoms with Crippen molar-refractivity contribution in [2.24, 2.45) is 0 Å². The third-order valence-electron chi connectivity index (χ3n) is 6.47. The minimum Gasteiger partial charge on any atom is -0.374 e. The molecule has 0 saturated heterocycles. The Morgan fingerprint density at radius 1 is 0.824 bits per heavy atom. The zero-order chi connectivity index (χ0) is 23.4. The highest BCUT2D eigenvalue weighted by atomic mass is 16.2. The molecule has 34 heavy (non-hydrogen) atoms. The summed E-state index contributed by atoms with van der Waals surface area (Å²) in [5.74, 6) is -1.90. The van der Waals surface area contributed by atoms with Crippen LogP contribution in [0.3, 0.4) is 0 Å². The van der Waals surface area contributed by atoms with Crippen LogP contribution < -0.4 is 10.6 Å². The van der Waals surface area contributed by atoms with Crippen LogP contribution in [0.4, 0.5) is 0 Å². The number of ketones is 3. The number of carbonyl (C=O) groups is 4. The molecule has 4 aliphatic rings. The Balaban J connectivity index is 1.52. The van der Waals surface area contributed by atoms with E-state index in [1.165, 1.54) is 0 Å². The quantitative estimate of drug-likeness (QED) is 0.692. The van der Waals surface area contributed by atoms with Crippen LogP contribution in [0.1, 0.15) is 31.1 Å². The van der Waals surface area contributed by atoms with Crippen molar-refractivity contribution in [3.8, 4) is 0 Å². The van der Waals surface area contributed by atoms with E-state index < -0.39 is 23.5 Å². The molecule has 164 valence electrons. The number of benzene rings is 2. The van der Waals surface area contributed by atoms with Crippen molar-refractivity contribution in [3.63, 3.8) is 0 Å². The number of Topliss-reactive ketones (excluding diaryl/α,β-unsaturated/α-hetero) is 3. The van der Waals surface area contributed by atoms with Gasteiger partial charge in [0.2, 0.25) is 0 Å². The predicted octanol–water partition coefficient (Wildman–Crippen LogP) is 3.02. The van der Waals surface area contributed by atoms with E-state index in [4.69, 9.17) is 0 Å². The number of carbonyl (C=O) groups excluding carboxylic acids is 4. The molecule has 1 heterocycles. The molecule has 0 fully saturated rings. The van der Waals surface area contributed by atoms with E-state index in [1.54, 1.807) is 54.6 Å². The smallest absolute Gasteiger partial charge is 0.252 e. The van der Waals surface area contributed by atoms with E-state index in [0.717, 1.165) is 5.57 Å². The van der Waals surface area contributed by atoms with Gasteiger partial charge < -0.3 is 10.6 Å². The van der Waals surface area contributed by atoms with Crippen LogP contribution in [0.25, 0.3) is 0 Å². The first kappa shape index (κ1) is 20.1. The summed E-state index contributed by atoms with van der Waals surface area (Å²) >= 11 is 0. The summed E-state index contributed by atoms with van der Waals surface area (Å²) in [7, 11) is 0. The largest absolute Gasteiger partial charge is 0.374 e. The zero-order valence-electron chi connectivity index (χ0n) is 17.9. The Labute approximate surface area is 195 Å². The Hall–Kier alpha value is -4.58. The standard InChI is InChI=1S/C28H18N2O4/c31-25-17-11-5-6-12-18(17)26(32)22-21(25)23-19(14-16-10-4-7-13-20(16)29-23)24(27(22)33)30-28(34)15-8-2-1-3-9-15/h1-14,20,24,29H,(H,30,34). The van der Waals surface area contributed by atoms with Gasteiger partial charge in [0.25, 0.3) is 5.91 Å². The summed E-state index contributed by atoms with van der Waals surface area (Å²) in [6.45, 7) is 0. The van der Waals surface area contributed by atoms with Crippen molar-refractivity contribution in [3.05, 3.63) is 130 Å². The van der Waals surface area contributed by atoms with E-state index >= 15 is 0 Å². The first-order chi connectivity index (χ1) is 16.5. The number of allylic oxidation sites excluding steroid dienone is 3. The summed E-state index contributed by atoms with van der Waals surface area (Å²) in [4.78, 5) is 53.7. The fraction of sp³-hybridized carbons (Fsp3) is 0.0714. The van der Waals surface area contributed by atoms with Crippen molar-refractivity contribution < 1.29 is 19.2 Å². The second kappa shape index (κ2) is 7.49. The summed E-state index contributed by atoms with van der Waals surface area (Å²) in [5, 5.41) is 6.14. The number of dihydropyridines is 1. The molecule has 2 unspecified atom stereocenters. The van der Waals surface area contributed by atoms with Gasteiger partial charge in [-0.05, 0) is 23.8 Å². The van der Waals surface area contributed by atoms with E-state index in [9.17, 15) is 19.2 Å². The molecule has 6 heteroatoms. The molecular weight excluding hydrogens is 428 g/mol. The Bertz CT molecular complexity index is 1470. The molecule has 2 aromatic carbocycles. The molecular formula is C28H18N2O4. The second-order valence-corrected chi connectivity index (χ2v) is 8.43. The number of nitrogens with one attached hydrogen (secondary N) is 2. The fourth-order valence-corrected chi connectivity index (χ4v) is 4.84. The number of hydrogen-bond donors (Lipinski definition) is 2. The monoisotopic (exact) mass is 446 g/mol. The number of hydrogen-bond acceptors (Lipinski definition) is 5. The highest BCUT2D eigenvalue weighted by Crippen LogP contribution is 2.39. The van der Waals surface area contributed by atoms with Crippen LogP contribution in [-0.2, 0) is 4.79 Å². The molecule has 2 N–H and O–H groups in total. The molecule has 0 aromatic heterocycles. The summed E-state index contributed by atoms with van der Waals surface area (Å²) in [6, 6.07) is 13.7. The van der Waals surface area contributed by atoms with Crippen molar-refractivity contribution in [1.82, 2.24) is 10.6 Å². The number of amides is 1. The van der Waals surface area contributed by atoms with Crippen LogP contribution >= 0.6 is 0 Å². The third kappa shape index (κ3) is 2.89. The van der Waals surface area contributed by atoms with Gasteiger partial charge in [0.15, 0.2) is 17.3 Å². The highest BCUT2D eigenvalue weighted by Gasteiger charge is 2.46. The lowest BCUT2D eigenvalue weighted by molar-refractivity contribution is -0.116. The summed E-state index contributed by atoms with van der Waals surface area (Å²) in [5.41, 5.74) is 2.54. The average Bonchev–Trinajstić information content (AvgIpc) is 2.88. The molecule has 1 aliphatic heterocycles. The minimum atomic E-state index is -1.11. The van der Waals surface area contributed by atoms with Gasteiger partial charge >= 0.3 is 0 Å². The summed E-state index contributed by atoms with van der Waals surface area (Å²) in [6.07, 6.45) is 9.45. The van der Waals surface area contributed by atoms with Gasteiger partial charge in [-0.3, -0.25) is 19.2 Å². The molecule has 1 amide bonds. The number of rotatable bonds is 2. The van der Waals surface area contributed by atoms with Crippen LogP contribution in [0, 0.1) is 0 Å². The molecule has 6 rings (SSSR count). The van der Waals surface area contributed by atoms with Crippen LogP contribution in [0.5, 0.6) is 0 Å². The Kier molecular flexibility index (Phi) is 4.42. The average molecular weight is 446 g/mol. The van der Waals surface area contributed by atoms with Crippen LogP contribution in [0.15, 0.2) is 113 Å². The lowest BCUT2D eigenvalue weighted by Gasteiger charge is -2.37. The Morgan fingerprint density at radius 3 is 2.24 bits per heavy atom. The molecule has 0 spiro atoms. The van der Waals surface area contributed by atoms with Gasteiger partial charge in [-0.1, -0.05) is 66.8 Å². The predicted molar refractivity (Wildman–Crippen MR) is 125 cm³/mol. The molecule has 0 radical (unpaired) electrons. The maximum absolute atomic E-state index is 13.7. The fourth-order valence-electron chi connectivity index (χ4n) is 4.84. The maximum atomic E-state index is 13.7. The Morgan fingerprint density at radius 2 is 1.50 bits per heavy atom. The van der Waals surface area contributed by atoms with Gasteiger partial charge in [-0.15, -0.1) is 0 Å². The summed E-state index contributed by atoms with van der Waals surface area (Å²) < 4.78 is 0. The van der Waals surface area contributed by atoms with Gasteiger partial charge in [0.05, 0.1) is 22.9 Å². The highest BCUT2D eigenvalue weighted by molar-refractivity contribution is 6.40. The van der Waals surface area contributed by atoms with Crippen LogP contribution in [-0.4, -0.2) is 35.3 Å². The molecule has 0 bridgehead atoms. The van der Waals surface area contributed by atoms with Gasteiger partial charge in [-0.2, -0.15) is 0 Å². The van der Waals surface area contributed by atoms with E-state index in [0.29, 0.717) is 16.8 Å². The minimum absolute atomic E-state index is 0.0761. The lowest BCUT2D eigenvalue weighted by atomic mass is 9.72. The van der Waals surface area contributed by atoms with Crippen molar-refractivity contribution >= 4 is 23.3 Å². The SMILES string of the molecule is O=C(NC1C(=O)C2=C(C(=O)c3ccccc3C2=O)C2=C1C=C1C=CC=CC1N2)c1ccccc1. The van der Waals surface area contributed by atoms with Gasteiger partial charge in [-0.25, -0.2) is 0 Å².